The topological polar surface area (TPSA) is 12.0 Å². The minimum absolute atomic E-state index is 0.0909. The van der Waals surface area contributed by atoms with Gasteiger partial charge in [0.1, 0.15) is 0 Å². The summed E-state index contributed by atoms with van der Waals surface area (Å²) in [5.41, 5.74) is 1.89. The van der Waals surface area contributed by atoms with E-state index in [9.17, 15) is 0 Å². The third-order valence-corrected chi connectivity index (χ3v) is 4.63. The maximum atomic E-state index is 6.36. The molecule has 1 atom stereocenters. The van der Waals surface area contributed by atoms with Gasteiger partial charge in [-0.1, -0.05) is 75.9 Å². The van der Waals surface area contributed by atoms with Crippen molar-refractivity contribution in [3.63, 3.8) is 0 Å². The molecule has 0 aliphatic carbocycles. The molecule has 0 fully saturated rings. The molecule has 0 aromatic heterocycles. The zero-order chi connectivity index (χ0) is 14.7. The van der Waals surface area contributed by atoms with E-state index in [-0.39, 0.29) is 6.04 Å². The quantitative estimate of drug-likeness (QED) is 0.661. The summed E-state index contributed by atoms with van der Waals surface area (Å²) in [6.45, 7) is 2.83. The first kappa shape index (κ1) is 16.1. The number of rotatable bonds is 4. The van der Waals surface area contributed by atoms with Gasteiger partial charge in [0.15, 0.2) is 0 Å². The highest BCUT2D eigenvalue weighted by Gasteiger charge is 2.19. The molecule has 1 nitrogen and oxygen atoms in total. The van der Waals surface area contributed by atoms with Crippen LogP contribution in [0.15, 0.2) is 40.9 Å². The van der Waals surface area contributed by atoms with E-state index >= 15 is 0 Å². The van der Waals surface area contributed by atoms with E-state index < -0.39 is 0 Å². The lowest BCUT2D eigenvalue weighted by atomic mass is 9.98. The van der Waals surface area contributed by atoms with Gasteiger partial charge in [-0.3, -0.25) is 0 Å². The fourth-order valence-corrected chi connectivity index (χ4v) is 3.27. The maximum Gasteiger partial charge on any atom is 0.0643 e. The molecule has 0 radical (unpaired) electrons. The molecule has 0 bridgehead atoms. The Bertz CT molecular complexity index is 616. The number of benzene rings is 2. The average Bonchev–Trinajstić information content (AvgIpc) is 2.40. The molecule has 2 aromatic carbocycles. The Kier molecular flexibility index (Phi) is 5.76. The van der Waals surface area contributed by atoms with E-state index in [1.165, 1.54) is 0 Å². The van der Waals surface area contributed by atoms with E-state index in [0.29, 0.717) is 15.1 Å². The first-order valence-corrected chi connectivity index (χ1v) is 8.09. The Morgan fingerprint density at radius 2 is 1.80 bits per heavy atom. The van der Waals surface area contributed by atoms with E-state index in [1.807, 2.05) is 37.3 Å². The van der Waals surface area contributed by atoms with Gasteiger partial charge >= 0.3 is 0 Å². The molecular weight excluding hydrogens is 380 g/mol. The second-order valence-electron chi connectivity index (χ2n) is 4.30. The second kappa shape index (κ2) is 7.15. The Morgan fingerprint density at radius 3 is 2.45 bits per heavy atom. The summed E-state index contributed by atoms with van der Waals surface area (Å²) in [5, 5.41) is 5.18. The van der Waals surface area contributed by atoms with Crippen LogP contribution in [-0.2, 0) is 0 Å². The highest BCUT2D eigenvalue weighted by Crippen LogP contribution is 2.36. The van der Waals surface area contributed by atoms with Gasteiger partial charge in [-0.05, 0) is 35.9 Å². The van der Waals surface area contributed by atoms with Crippen LogP contribution in [-0.4, -0.2) is 6.54 Å². The number of hydrogen-bond acceptors (Lipinski definition) is 1. The highest BCUT2D eigenvalue weighted by atomic mass is 79.9. The maximum absolute atomic E-state index is 6.36. The molecule has 0 amide bonds. The molecule has 0 aliphatic heterocycles. The molecular formula is C15H13BrCl3N. The summed E-state index contributed by atoms with van der Waals surface area (Å²) in [7, 11) is 0. The number of nitrogens with one attached hydrogen (secondary N) is 1. The van der Waals surface area contributed by atoms with Gasteiger partial charge in [-0.2, -0.15) is 0 Å². The van der Waals surface area contributed by atoms with E-state index in [0.717, 1.165) is 22.1 Å². The molecule has 0 spiro atoms. The summed E-state index contributed by atoms with van der Waals surface area (Å²) < 4.78 is 0.943. The van der Waals surface area contributed by atoms with Crippen molar-refractivity contribution in [3.8, 4) is 0 Å². The van der Waals surface area contributed by atoms with Crippen molar-refractivity contribution < 1.29 is 0 Å². The summed E-state index contributed by atoms with van der Waals surface area (Å²) in [6.07, 6.45) is 0. The SMILES string of the molecule is CCNC(c1ccc(Br)cc1Cl)c1cccc(Cl)c1Cl. The third kappa shape index (κ3) is 3.49. The highest BCUT2D eigenvalue weighted by molar-refractivity contribution is 9.10. The largest absolute Gasteiger partial charge is 0.306 e. The lowest BCUT2D eigenvalue weighted by molar-refractivity contribution is 0.631. The van der Waals surface area contributed by atoms with E-state index in [2.05, 4.69) is 21.2 Å². The smallest absolute Gasteiger partial charge is 0.0643 e. The van der Waals surface area contributed by atoms with Gasteiger partial charge < -0.3 is 5.32 Å². The number of hydrogen-bond donors (Lipinski definition) is 1. The molecule has 0 saturated carbocycles. The van der Waals surface area contributed by atoms with Crippen LogP contribution in [0.2, 0.25) is 15.1 Å². The van der Waals surface area contributed by atoms with Crippen molar-refractivity contribution >= 4 is 50.7 Å². The van der Waals surface area contributed by atoms with Crippen molar-refractivity contribution in [1.29, 1.82) is 0 Å². The summed E-state index contributed by atoms with van der Waals surface area (Å²) in [5.74, 6) is 0. The fourth-order valence-electron chi connectivity index (χ4n) is 2.07. The average molecular weight is 394 g/mol. The summed E-state index contributed by atoms with van der Waals surface area (Å²) in [6, 6.07) is 11.4. The normalized spacial score (nSPS) is 12.4. The van der Waals surface area contributed by atoms with E-state index in [4.69, 9.17) is 34.8 Å². The zero-order valence-electron chi connectivity index (χ0n) is 10.8. The van der Waals surface area contributed by atoms with Crippen LogP contribution in [0.4, 0.5) is 0 Å². The lowest BCUT2D eigenvalue weighted by Gasteiger charge is -2.22. The Hall–Kier alpha value is -0.250. The van der Waals surface area contributed by atoms with Crippen LogP contribution < -0.4 is 5.32 Å². The Morgan fingerprint density at radius 1 is 1.05 bits per heavy atom. The standard InChI is InChI=1S/C15H13BrCl3N/c1-2-20-15(10-7-6-9(16)8-13(10)18)11-4-3-5-12(17)14(11)19/h3-8,15,20H,2H2,1H3. The van der Waals surface area contributed by atoms with Gasteiger partial charge in [0.05, 0.1) is 16.1 Å². The van der Waals surface area contributed by atoms with Crippen LogP contribution in [0, 0.1) is 0 Å². The first-order valence-electron chi connectivity index (χ1n) is 6.16. The molecule has 106 valence electrons. The van der Waals surface area contributed by atoms with Gasteiger partial charge in [0.2, 0.25) is 0 Å². The summed E-state index contributed by atoms with van der Waals surface area (Å²) in [4.78, 5) is 0. The van der Waals surface area contributed by atoms with Gasteiger partial charge in [-0.25, -0.2) is 0 Å². The molecule has 0 aliphatic rings. The number of halogens is 4. The van der Waals surface area contributed by atoms with Crippen molar-refractivity contribution in [2.75, 3.05) is 6.54 Å². The molecule has 0 saturated heterocycles. The van der Waals surface area contributed by atoms with Crippen LogP contribution in [0.5, 0.6) is 0 Å². The third-order valence-electron chi connectivity index (χ3n) is 2.97. The zero-order valence-corrected chi connectivity index (χ0v) is 14.6. The Labute approximate surface area is 142 Å². The monoisotopic (exact) mass is 391 g/mol. The van der Waals surface area contributed by atoms with Crippen molar-refractivity contribution in [1.82, 2.24) is 5.32 Å². The molecule has 2 aromatic rings. The first-order chi connectivity index (χ1) is 9.54. The predicted molar refractivity (Wildman–Crippen MR) is 91.1 cm³/mol. The minimum Gasteiger partial charge on any atom is -0.306 e. The van der Waals surface area contributed by atoms with Crippen LogP contribution in [0.25, 0.3) is 0 Å². The predicted octanol–water partition coefficient (Wildman–Crippen LogP) is 6.11. The Balaban J connectivity index is 2.53. The van der Waals surface area contributed by atoms with Crippen molar-refractivity contribution in [2.45, 2.75) is 13.0 Å². The van der Waals surface area contributed by atoms with Gasteiger partial charge in [0.25, 0.3) is 0 Å². The van der Waals surface area contributed by atoms with Crippen LogP contribution in [0.3, 0.4) is 0 Å². The molecule has 1 N–H and O–H groups in total. The van der Waals surface area contributed by atoms with Crippen molar-refractivity contribution in [2.24, 2.45) is 0 Å². The van der Waals surface area contributed by atoms with Crippen LogP contribution >= 0.6 is 50.7 Å². The van der Waals surface area contributed by atoms with Crippen molar-refractivity contribution in [3.05, 3.63) is 67.1 Å². The van der Waals surface area contributed by atoms with E-state index in [1.54, 1.807) is 6.07 Å². The van der Waals surface area contributed by atoms with Gasteiger partial charge in [0, 0.05) is 9.50 Å². The molecule has 0 heterocycles. The lowest BCUT2D eigenvalue weighted by Crippen LogP contribution is -2.22. The second-order valence-corrected chi connectivity index (χ2v) is 6.41. The van der Waals surface area contributed by atoms with Gasteiger partial charge in [-0.15, -0.1) is 0 Å². The molecule has 20 heavy (non-hydrogen) atoms. The minimum atomic E-state index is -0.0909. The van der Waals surface area contributed by atoms with Crippen LogP contribution in [0.1, 0.15) is 24.1 Å². The fraction of sp³-hybridized carbons (Fsp3) is 0.200. The molecule has 5 heteroatoms. The molecule has 2 rings (SSSR count). The molecule has 1 unspecified atom stereocenters. The summed E-state index contributed by atoms with van der Waals surface area (Å²) >= 11 is 22.2.